The van der Waals surface area contributed by atoms with E-state index in [0.29, 0.717) is 23.5 Å². The molecular weight excluding hydrogens is 404 g/mol. The molecule has 0 amide bonds. The van der Waals surface area contributed by atoms with E-state index in [-0.39, 0.29) is 6.04 Å². The molecule has 9 nitrogen and oxygen atoms in total. The Hall–Kier alpha value is -3.72. The van der Waals surface area contributed by atoms with Crippen molar-refractivity contribution in [1.29, 1.82) is 0 Å². The molecule has 0 saturated heterocycles. The third kappa shape index (κ3) is 2.66. The first-order valence-corrected chi connectivity index (χ1v) is 9.82. The van der Waals surface area contributed by atoms with Crippen LogP contribution in [0, 0.1) is 0 Å². The fourth-order valence-corrected chi connectivity index (χ4v) is 4.07. The van der Waals surface area contributed by atoms with Gasteiger partial charge in [0, 0.05) is 37.3 Å². The van der Waals surface area contributed by atoms with Gasteiger partial charge in [-0.25, -0.2) is 9.50 Å². The van der Waals surface area contributed by atoms with Crippen molar-refractivity contribution in [2.45, 2.75) is 12.5 Å². The molecule has 0 radical (unpaired) electrons. The first-order valence-electron chi connectivity index (χ1n) is 9.44. The molecule has 0 unspecified atom stereocenters. The molecule has 1 aliphatic heterocycles. The van der Waals surface area contributed by atoms with Crippen LogP contribution in [0.4, 0.5) is 6.01 Å². The van der Waals surface area contributed by atoms with Gasteiger partial charge in [-0.1, -0.05) is 16.7 Å². The monoisotopic (exact) mass is 418 g/mol. The highest BCUT2D eigenvalue weighted by molar-refractivity contribution is 6.33. The maximum absolute atomic E-state index is 6.37. The smallest absolute Gasteiger partial charge is 0.319 e. The number of aromatic nitrogens is 7. The van der Waals surface area contributed by atoms with E-state index in [2.05, 4.69) is 25.1 Å². The van der Waals surface area contributed by atoms with E-state index in [1.54, 1.807) is 23.2 Å². The van der Waals surface area contributed by atoms with Crippen molar-refractivity contribution in [3.05, 3.63) is 77.4 Å². The van der Waals surface area contributed by atoms with Crippen molar-refractivity contribution in [3.8, 4) is 11.5 Å². The van der Waals surface area contributed by atoms with Crippen LogP contribution in [0.2, 0.25) is 5.02 Å². The molecular formula is C20H15ClN8O. The summed E-state index contributed by atoms with van der Waals surface area (Å²) in [7, 11) is 0. The van der Waals surface area contributed by atoms with Crippen LogP contribution in [0.3, 0.4) is 0 Å². The van der Waals surface area contributed by atoms with E-state index >= 15 is 0 Å². The molecule has 6 heterocycles. The Kier molecular flexibility index (Phi) is 3.81. The van der Waals surface area contributed by atoms with Crippen LogP contribution in [-0.4, -0.2) is 41.3 Å². The maximum Gasteiger partial charge on any atom is 0.319 e. The van der Waals surface area contributed by atoms with Gasteiger partial charge in [0.1, 0.15) is 6.04 Å². The maximum atomic E-state index is 6.37. The standard InChI is InChI=1S/C20H15ClN8O/c21-13-4-2-7-29-16(13)9-15(27-29)18-17-14(23-11-24-17)5-8-28(18)20-26-25-19(30-20)12-3-1-6-22-10-12/h1-4,6-7,9-11,18H,5,8H2,(H,23,24)/t18-/m1/s1. The van der Waals surface area contributed by atoms with Gasteiger partial charge in [-0.3, -0.25) is 4.98 Å². The number of anilines is 1. The lowest BCUT2D eigenvalue weighted by Gasteiger charge is -2.32. The summed E-state index contributed by atoms with van der Waals surface area (Å²) in [6.07, 6.45) is 7.76. The van der Waals surface area contributed by atoms with Crippen molar-refractivity contribution in [3.63, 3.8) is 0 Å². The first kappa shape index (κ1) is 17.2. The molecule has 1 atom stereocenters. The lowest BCUT2D eigenvalue weighted by atomic mass is 10.0. The Bertz CT molecular complexity index is 1340. The predicted octanol–water partition coefficient (Wildman–Crippen LogP) is 3.31. The zero-order chi connectivity index (χ0) is 20.1. The number of pyridine rings is 2. The Labute approximate surface area is 175 Å². The minimum absolute atomic E-state index is 0.279. The average Bonchev–Trinajstić information content (AvgIpc) is 3.52. The van der Waals surface area contributed by atoms with Gasteiger partial charge in [-0.2, -0.15) is 5.10 Å². The minimum Gasteiger partial charge on any atom is -0.403 e. The molecule has 0 aromatic carbocycles. The number of aromatic amines is 1. The van der Waals surface area contributed by atoms with E-state index < -0.39 is 0 Å². The lowest BCUT2D eigenvalue weighted by Crippen LogP contribution is -2.36. The molecule has 148 valence electrons. The number of nitrogens with one attached hydrogen (secondary N) is 1. The largest absolute Gasteiger partial charge is 0.403 e. The highest BCUT2D eigenvalue weighted by atomic mass is 35.5. The van der Waals surface area contributed by atoms with E-state index in [9.17, 15) is 0 Å². The Morgan fingerprint density at radius 2 is 2.17 bits per heavy atom. The van der Waals surface area contributed by atoms with Gasteiger partial charge in [0.15, 0.2) is 0 Å². The fourth-order valence-electron chi connectivity index (χ4n) is 3.85. The molecule has 5 aromatic heterocycles. The predicted molar refractivity (Wildman–Crippen MR) is 109 cm³/mol. The van der Waals surface area contributed by atoms with E-state index in [0.717, 1.165) is 34.6 Å². The quantitative estimate of drug-likeness (QED) is 0.479. The van der Waals surface area contributed by atoms with Gasteiger partial charge in [-0.15, -0.1) is 5.10 Å². The van der Waals surface area contributed by atoms with Crippen LogP contribution < -0.4 is 4.90 Å². The number of rotatable bonds is 3. The summed E-state index contributed by atoms with van der Waals surface area (Å²) in [5, 5.41) is 13.9. The van der Waals surface area contributed by atoms with E-state index in [1.165, 1.54) is 0 Å². The van der Waals surface area contributed by atoms with E-state index in [1.807, 2.05) is 41.4 Å². The summed E-state index contributed by atoms with van der Waals surface area (Å²) in [6.45, 7) is 0.677. The highest BCUT2D eigenvalue weighted by Gasteiger charge is 2.36. The number of imidazole rings is 1. The molecule has 0 bridgehead atoms. The van der Waals surface area contributed by atoms with Crippen molar-refractivity contribution in [1.82, 2.24) is 34.8 Å². The molecule has 0 saturated carbocycles. The van der Waals surface area contributed by atoms with Gasteiger partial charge in [0.05, 0.1) is 33.8 Å². The second-order valence-electron chi connectivity index (χ2n) is 7.00. The summed E-state index contributed by atoms with van der Waals surface area (Å²) in [6, 6.07) is 9.53. The molecule has 0 spiro atoms. The van der Waals surface area contributed by atoms with Crippen LogP contribution in [0.25, 0.3) is 17.0 Å². The lowest BCUT2D eigenvalue weighted by molar-refractivity contribution is 0.503. The van der Waals surface area contributed by atoms with Crippen LogP contribution in [0.5, 0.6) is 0 Å². The number of H-pyrrole nitrogens is 1. The number of hydrogen-bond acceptors (Lipinski definition) is 7. The summed E-state index contributed by atoms with van der Waals surface area (Å²) in [5.74, 6) is 0.419. The topological polar surface area (TPSA) is 101 Å². The molecule has 1 N–H and O–H groups in total. The van der Waals surface area contributed by atoms with Crippen molar-refractivity contribution in [2.75, 3.05) is 11.4 Å². The van der Waals surface area contributed by atoms with Gasteiger partial charge < -0.3 is 14.3 Å². The Balaban J connectivity index is 1.46. The highest BCUT2D eigenvalue weighted by Crippen LogP contribution is 2.37. The molecule has 30 heavy (non-hydrogen) atoms. The van der Waals surface area contributed by atoms with Crippen LogP contribution in [-0.2, 0) is 6.42 Å². The summed E-state index contributed by atoms with van der Waals surface area (Å²) >= 11 is 6.37. The normalized spacial score (nSPS) is 16.2. The van der Waals surface area contributed by atoms with Gasteiger partial charge in [0.2, 0.25) is 0 Å². The average molecular weight is 419 g/mol. The second kappa shape index (κ2) is 6.67. The van der Waals surface area contributed by atoms with Gasteiger partial charge in [0.25, 0.3) is 5.89 Å². The number of fused-ring (bicyclic) bond motifs is 2. The molecule has 0 aliphatic carbocycles. The van der Waals surface area contributed by atoms with Crippen molar-refractivity contribution in [2.24, 2.45) is 0 Å². The number of halogens is 1. The molecule has 5 aromatic rings. The van der Waals surface area contributed by atoms with Crippen LogP contribution in [0.1, 0.15) is 23.1 Å². The summed E-state index contributed by atoms with van der Waals surface area (Å²) in [5.41, 5.74) is 4.37. The zero-order valence-electron chi connectivity index (χ0n) is 15.6. The second-order valence-corrected chi connectivity index (χ2v) is 7.41. The Morgan fingerprint density at radius 1 is 1.20 bits per heavy atom. The molecule has 0 fully saturated rings. The number of hydrogen-bond donors (Lipinski definition) is 1. The van der Waals surface area contributed by atoms with Crippen molar-refractivity contribution >= 4 is 23.1 Å². The summed E-state index contributed by atoms with van der Waals surface area (Å²) < 4.78 is 7.78. The van der Waals surface area contributed by atoms with Gasteiger partial charge in [-0.05, 0) is 30.3 Å². The minimum atomic E-state index is -0.279. The first-order chi connectivity index (χ1) is 14.8. The van der Waals surface area contributed by atoms with Crippen LogP contribution >= 0.6 is 11.6 Å². The molecule has 10 heteroatoms. The summed E-state index contributed by atoms with van der Waals surface area (Å²) in [4.78, 5) is 14.0. The van der Waals surface area contributed by atoms with Crippen LogP contribution in [0.15, 0.2) is 59.7 Å². The zero-order valence-corrected chi connectivity index (χ0v) is 16.4. The Morgan fingerprint density at radius 3 is 3.03 bits per heavy atom. The third-order valence-electron chi connectivity index (χ3n) is 5.24. The SMILES string of the molecule is Clc1cccn2nc([C@@H]3c4nc[nH]c4CCN3c3nnc(-c4cccnc4)o3)cc12. The molecule has 6 rings (SSSR count). The van der Waals surface area contributed by atoms with E-state index in [4.69, 9.17) is 21.1 Å². The van der Waals surface area contributed by atoms with Gasteiger partial charge >= 0.3 is 6.01 Å². The third-order valence-corrected chi connectivity index (χ3v) is 5.56. The van der Waals surface area contributed by atoms with Crippen molar-refractivity contribution < 1.29 is 4.42 Å². The molecule has 1 aliphatic rings. The fraction of sp³-hybridized carbons (Fsp3) is 0.150. The number of nitrogens with zero attached hydrogens (tertiary/aromatic N) is 7.